The molecule has 2 fully saturated rings. The zero-order valence-corrected chi connectivity index (χ0v) is 10.6. The predicted octanol–water partition coefficient (Wildman–Crippen LogP) is 1.02. The van der Waals surface area contributed by atoms with Crippen molar-refractivity contribution in [3.05, 3.63) is 0 Å². The summed E-state index contributed by atoms with van der Waals surface area (Å²) >= 11 is 0. The summed E-state index contributed by atoms with van der Waals surface area (Å²) in [5.74, 6) is 0.833. The third-order valence-electron chi connectivity index (χ3n) is 3.70. The van der Waals surface area contributed by atoms with E-state index in [4.69, 9.17) is 4.74 Å². The first-order valence-corrected chi connectivity index (χ1v) is 6.91. The first kappa shape index (κ1) is 12.8. The Balaban J connectivity index is 1.53. The molecule has 0 bridgehead atoms. The van der Waals surface area contributed by atoms with Gasteiger partial charge in [0, 0.05) is 19.8 Å². The van der Waals surface area contributed by atoms with Crippen molar-refractivity contribution in [1.82, 2.24) is 10.2 Å². The molecule has 0 spiro atoms. The normalized spacial score (nSPS) is 26.0. The van der Waals surface area contributed by atoms with Crippen LogP contribution in [0.1, 0.15) is 32.1 Å². The van der Waals surface area contributed by atoms with Gasteiger partial charge in [0.1, 0.15) is 0 Å². The summed E-state index contributed by atoms with van der Waals surface area (Å²) in [5, 5.41) is 3.02. The third-order valence-corrected chi connectivity index (χ3v) is 3.70. The maximum atomic E-state index is 11.7. The van der Waals surface area contributed by atoms with Crippen molar-refractivity contribution in [2.45, 2.75) is 32.1 Å². The van der Waals surface area contributed by atoms with Gasteiger partial charge in [-0.1, -0.05) is 0 Å². The van der Waals surface area contributed by atoms with Crippen molar-refractivity contribution < 1.29 is 9.53 Å². The van der Waals surface area contributed by atoms with E-state index in [1.54, 1.807) is 0 Å². The summed E-state index contributed by atoms with van der Waals surface area (Å²) < 4.78 is 5.43. The summed E-state index contributed by atoms with van der Waals surface area (Å²) in [6.07, 6.45) is 5.97. The van der Waals surface area contributed by atoms with Gasteiger partial charge in [0.05, 0.1) is 6.54 Å². The van der Waals surface area contributed by atoms with Crippen molar-refractivity contribution in [2.24, 2.45) is 5.92 Å². The van der Waals surface area contributed by atoms with Crippen molar-refractivity contribution in [1.29, 1.82) is 0 Å². The van der Waals surface area contributed by atoms with E-state index in [0.717, 1.165) is 39.3 Å². The molecule has 4 heteroatoms. The lowest BCUT2D eigenvalue weighted by molar-refractivity contribution is -0.122. The van der Waals surface area contributed by atoms with Crippen LogP contribution in [-0.2, 0) is 9.53 Å². The molecule has 0 radical (unpaired) electrons. The zero-order valence-electron chi connectivity index (χ0n) is 10.6. The smallest absolute Gasteiger partial charge is 0.234 e. The van der Waals surface area contributed by atoms with Gasteiger partial charge >= 0.3 is 0 Å². The number of carbonyl (C=O) groups excluding carboxylic acids is 1. The van der Waals surface area contributed by atoms with Crippen molar-refractivity contribution in [3.8, 4) is 0 Å². The topological polar surface area (TPSA) is 41.6 Å². The predicted molar refractivity (Wildman–Crippen MR) is 66.8 cm³/mol. The number of ether oxygens (including phenoxy) is 1. The van der Waals surface area contributed by atoms with Crippen LogP contribution in [0.3, 0.4) is 0 Å². The largest absolute Gasteiger partial charge is 0.381 e. The SMILES string of the molecule is O=C(CN1CCCC1)NCC[C@@H]1CCCOC1. The average Bonchev–Trinajstić information content (AvgIpc) is 2.83. The number of nitrogens with one attached hydrogen (secondary N) is 1. The van der Waals surface area contributed by atoms with E-state index in [1.165, 1.54) is 25.7 Å². The summed E-state index contributed by atoms with van der Waals surface area (Å²) in [5.41, 5.74) is 0. The molecule has 0 saturated carbocycles. The first-order valence-electron chi connectivity index (χ1n) is 6.91. The van der Waals surface area contributed by atoms with Gasteiger partial charge < -0.3 is 10.1 Å². The highest BCUT2D eigenvalue weighted by molar-refractivity contribution is 5.77. The van der Waals surface area contributed by atoms with Crippen LogP contribution in [0.4, 0.5) is 0 Å². The fraction of sp³-hybridized carbons (Fsp3) is 0.923. The monoisotopic (exact) mass is 240 g/mol. The second-order valence-electron chi connectivity index (χ2n) is 5.21. The molecule has 0 unspecified atom stereocenters. The molecule has 4 nitrogen and oxygen atoms in total. The Kier molecular flexibility index (Phi) is 5.26. The number of amides is 1. The minimum atomic E-state index is 0.184. The Morgan fingerprint density at radius 2 is 2.12 bits per heavy atom. The van der Waals surface area contributed by atoms with E-state index in [1.807, 2.05) is 0 Å². The van der Waals surface area contributed by atoms with Crippen molar-refractivity contribution in [2.75, 3.05) is 39.4 Å². The molecule has 2 aliphatic heterocycles. The Labute approximate surface area is 104 Å². The van der Waals surface area contributed by atoms with Crippen LogP contribution in [0.2, 0.25) is 0 Å². The van der Waals surface area contributed by atoms with E-state index in [2.05, 4.69) is 10.2 Å². The number of likely N-dealkylation sites (tertiary alicyclic amines) is 1. The van der Waals surface area contributed by atoms with E-state index in [0.29, 0.717) is 12.5 Å². The molecule has 0 aromatic carbocycles. The quantitative estimate of drug-likeness (QED) is 0.780. The number of hydrogen-bond acceptors (Lipinski definition) is 3. The van der Waals surface area contributed by atoms with Crippen LogP contribution >= 0.6 is 0 Å². The number of hydrogen-bond donors (Lipinski definition) is 1. The van der Waals surface area contributed by atoms with E-state index >= 15 is 0 Å². The Bertz CT molecular complexity index is 234. The first-order chi connectivity index (χ1) is 8.34. The molecule has 1 atom stereocenters. The fourth-order valence-corrected chi connectivity index (χ4v) is 2.65. The Morgan fingerprint density at radius 1 is 1.29 bits per heavy atom. The van der Waals surface area contributed by atoms with Crippen LogP contribution < -0.4 is 5.32 Å². The molecule has 0 aromatic heterocycles. The standard InChI is InChI=1S/C13H24N2O2/c16-13(10-15-7-1-2-8-15)14-6-5-12-4-3-9-17-11-12/h12H,1-11H2,(H,14,16)/t12-/m0/s1. The zero-order chi connectivity index (χ0) is 11.9. The van der Waals surface area contributed by atoms with Crippen LogP contribution in [0.15, 0.2) is 0 Å². The van der Waals surface area contributed by atoms with Gasteiger partial charge in [0.2, 0.25) is 5.91 Å². The van der Waals surface area contributed by atoms with E-state index in [9.17, 15) is 4.79 Å². The lowest BCUT2D eigenvalue weighted by Crippen LogP contribution is -2.36. The van der Waals surface area contributed by atoms with Gasteiger partial charge in [-0.15, -0.1) is 0 Å². The fourth-order valence-electron chi connectivity index (χ4n) is 2.65. The molecule has 2 aliphatic rings. The van der Waals surface area contributed by atoms with Gasteiger partial charge in [-0.2, -0.15) is 0 Å². The highest BCUT2D eigenvalue weighted by Gasteiger charge is 2.16. The number of nitrogens with zero attached hydrogens (tertiary/aromatic N) is 1. The minimum absolute atomic E-state index is 0.184. The molecule has 0 aliphatic carbocycles. The molecular weight excluding hydrogens is 216 g/mol. The second-order valence-corrected chi connectivity index (χ2v) is 5.21. The van der Waals surface area contributed by atoms with Gasteiger partial charge in [-0.25, -0.2) is 0 Å². The third kappa shape index (κ3) is 4.64. The molecule has 2 heterocycles. The molecule has 2 rings (SSSR count). The lowest BCUT2D eigenvalue weighted by Gasteiger charge is -2.22. The van der Waals surface area contributed by atoms with Crippen LogP contribution in [0, 0.1) is 5.92 Å². The number of rotatable bonds is 5. The molecule has 98 valence electrons. The van der Waals surface area contributed by atoms with E-state index in [-0.39, 0.29) is 5.91 Å². The maximum Gasteiger partial charge on any atom is 0.234 e. The van der Waals surface area contributed by atoms with Crippen LogP contribution in [-0.4, -0.2) is 50.2 Å². The Morgan fingerprint density at radius 3 is 2.82 bits per heavy atom. The maximum absolute atomic E-state index is 11.7. The van der Waals surface area contributed by atoms with Gasteiger partial charge in [0.25, 0.3) is 0 Å². The van der Waals surface area contributed by atoms with Gasteiger partial charge in [0.15, 0.2) is 0 Å². The number of carbonyl (C=O) groups is 1. The lowest BCUT2D eigenvalue weighted by atomic mass is 9.99. The van der Waals surface area contributed by atoms with Gasteiger partial charge in [-0.3, -0.25) is 9.69 Å². The summed E-state index contributed by atoms with van der Waals surface area (Å²) in [7, 11) is 0. The van der Waals surface area contributed by atoms with E-state index < -0.39 is 0 Å². The van der Waals surface area contributed by atoms with Crippen molar-refractivity contribution in [3.63, 3.8) is 0 Å². The van der Waals surface area contributed by atoms with Crippen LogP contribution in [0.25, 0.3) is 0 Å². The highest BCUT2D eigenvalue weighted by atomic mass is 16.5. The highest BCUT2D eigenvalue weighted by Crippen LogP contribution is 2.16. The molecule has 17 heavy (non-hydrogen) atoms. The molecular formula is C13H24N2O2. The second kappa shape index (κ2) is 6.97. The Hall–Kier alpha value is -0.610. The summed E-state index contributed by atoms with van der Waals surface area (Å²) in [4.78, 5) is 13.9. The summed E-state index contributed by atoms with van der Waals surface area (Å²) in [6, 6.07) is 0. The van der Waals surface area contributed by atoms with Crippen molar-refractivity contribution >= 4 is 5.91 Å². The molecule has 0 aromatic rings. The average molecular weight is 240 g/mol. The van der Waals surface area contributed by atoms with Gasteiger partial charge in [-0.05, 0) is 51.1 Å². The molecule has 1 amide bonds. The summed E-state index contributed by atoms with van der Waals surface area (Å²) in [6.45, 7) is 5.36. The molecule has 1 N–H and O–H groups in total. The van der Waals surface area contributed by atoms with Crippen LogP contribution in [0.5, 0.6) is 0 Å². The molecule has 2 saturated heterocycles. The minimum Gasteiger partial charge on any atom is -0.381 e.